The fourth-order valence-electron chi connectivity index (χ4n) is 2.81. The number of carbonyl (C=O) groups excluding carboxylic acids is 1. The SMILES string of the molecule is CCOC(=O)C(C)Oc1ccc(OCc2ccc(-c3ccccc3)nc2OC)cc1. The van der Waals surface area contributed by atoms with Crippen molar-refractivity contribution in [1.29, 1.82) is 0 Å². The van der Waals surface area contributed by atoms with Crippen molar-refractivity contribution < 1.29 is 23.7 Å². The molecule has 3 aromatic rings. The zero-order valence-corrected chi connectivity index (χ0v) is 17.3. The summed E-state index contributed by atoms with van der Waals surface area (Å²) in [6.45, 7) is 4.05. The molecule has 0 bridgehead atoms. The molecule has 1 heterocycles. The van der Waals surface area contributed by atoms with Crippen molar-refractivity contribution in [1.82, 2.24) is 4.98 Å². The average molecular weight is 407 g/mol. The van der Waals surface area contributed by atoms with Crippen LogP contribution in [0.25, 0.3) is 11.3 Å². The fraction of sp³-hybridized carbons (Fsp3) is 0.250. The van der Waals surface area contributed by atoms with Crippen LogP contribution in [0.5, 0.6) is 17.4 Å². The maximum Gasteiger partial charge on any atom is 0.347 e. The van der Waals surface area contributed by atoms with E-state index in [0.717, 1.165) is 16.8 Å². The van der Waals surface area contributed by atoms with Gasteiger partial charge < -0.3 is 18.9 Å². The predicted octanol–water partition coefficient (Wildman–Crippen LogP) is 4.67. The van der Waals surface area contributed by atoms with Crippen LogP contribution in [0.4, 0.5) is 0 Å². The van der Waals surface area contributed by atoms with E-state index in [4.69, 9.17) is 18.9 Å². The van der Waals surface area contributed by atoms with Crippen LogP contribution in [-0.2, 0) is 16.1 Å². The van der Waals surface area contributed by atoms with Gasteiger partial charge in [-0.1, -0.05) is 30.3 Å². The van der Waals surface area contributed by atoms with E-state index in [-0.39, 0.29) is 0 Å². The van der Waals surface area contributed by atoms with E-state index < -0.39 is 12.1 Å². The van der Waals surface area contributed by atoms with Gasteiger partial charge in [0.15, 0.2) is 6.10 Å². The van der Waals surface area contributed by atoms with Crippen molar-refractivity contribution in [3.63, 3.8) is 0 Å². The van der Waals surface area contributed by atoms with Gasteiger partial charge >= 0.3 is 5.97 Å². The van der Waals surface area contributed by atoms with Gasteiger partial charge in [0.05, 0.1) is 25.0 Å². The number of nitrogens with zero attached hydrogens (tertiary/aromatic N) is 1. The van der Waals surface area contributed by atoms with E-state index in [2.05, 4.69) is 4.98 Å². The normalized spacial score (nSPS) is 11.4. The molecule has 6 heteroatoms. The molecule has 3 rings (SSSR count). The lowest BCUT2D eigenvalue weighted by Crippen LogP contribution is -2.25. The predicted molar refractivity (Wildman–Crippen MR) is 114 cm³/mol. The Bertz CT molecular complexity index is 957. The molecule has 2 aromatic carbocycles. The van der Waals surface area contributed by atoms with Gasteiger partial charge in [-0.15, -0.1) is 0 Å². The summed E-state index contributed by atoms with van der Waals surface area (Å²) in [6.07, 6.45) is -0.671. The Kier molecular flexibility index (Phi) is 7.27. The van der Waals surface area contributed by atoms with Crippen LogP contribution >= 0.6 is 0 Å². The minimum absolute atomic E-state index is 0.310. The van der Waals surface area contributed by atoms with Crippen LogP contribution in [0.15, 0.2) is 66.7 Å². The van der Waals surface area contributed by atoms with Gasteiger partial charge in [0.1, 0.15) is 18.1 Å². The van der Waals surface area contributed by atoms with Crippen LogP contribution in [0, 0.1) is 0 Å². The van der Waals surface area contributed by atoms with Crippen molar-refractivity contribution in [2.75, 3.05) is 13.7 Å². The summed E-state index contributed by atoms with van der Waals surface area (Å²) in [5.41, 5.74) is 2.71. The second-order valence-corrected chi connectivity index (χ2v) is 6.50. The number of hydrogen-bond acceptors (Lipinski definition) is 6. The first-order valence-electron chi connectivity index (χ1n) is 9.76. The van der Waals surface area contributed by atoms with Crippen LogP contribution in [0.3, 0.4) is 0 Å². The number of esters is 1. The summed E-state index contributed by atoms with van der Waals surface area (Å²) in [7, 11) is 1.59. The van der Waals surface area contributed by atoms with E-state index in [0.29, 0.717) is 30.6 Å². The van der Waals surface area contributed by atoms with E-state index in [9.17, 15) is 4.79 Å². The lowest BCUT2D eigenvalue weighted by molar-refractivity contribution is -0.150. The molecule has 0 aliphatic carbocycles. The summed E-state index contributed by atoms with van der Waals surface area (Å²) >= 11 is 0. The largest absolute Gasteiger partial charge is 0.489 e. The molecule has 0 saturated heterocycles. The lowest BCUT2D eigenvalue weighted by atomic mass is 10.1. The molecule has 0 aliphatic rings. The van der Waals surface area contributed by atoms with E-state index in [1.165, 1.54) is 0 Å². The topological polar surface area (TPSA) is 66.9 Å². The molecule has 0 radical (unpaired) electrons. The van der Waals surface area contributed by atoms with Crippen LogP contribution in [0.2, 0.25) is 0 Å². The van der Waals surface area contributed by atoms with E-state index in [1.54, 1.807) is 45.2 Å². The molecule has 0 N–H and O–H groups in total. The van der Waals surface area contributed by atoms with Crippen LogP contribution in [0.1, 0.15) is 19.4 Å². The monoisotopic (exact) mass is 407 g/mol. The molecule has 0 spiro atoms. The Morgan fingerprint density at radius 2 is 1.67 bits per heavy atom. The third-order valence-corrected chi connectivity index (χ3v) is 4.35. The zero-order valence-electron chi connectivity index (χ0n) is 17.3. The van der Waals surface area contributed by atoms with Gasteiger partial charge in [0.2, 0.25) is 5.88 Å². The molecule has 1 unspecified atom stereocenters. The second kappa shape index (κ2) is 10.3. The van der Waals surface area contributed by atoms with Gasteiger partial charge in [-0.3, -0.25) is 0 Å². The van der Waals surface area contributed by atoms with Crippen molar-refractivity contribution in [2.45, 2.75) is 26.6 Å². The summed E-state index contributed by atoms with van der Waals surface area (Å²) in [4.78, 5) is 16.2. The summed E-state index contributed by atoms with van der Waals surface area (Å²) < 4.78 is 21.8. The quantitative estimate of drug-likeness (QED) is 0.481. The first-order chi connectivity index (χ1) is 14.6. The molecule has 30 heavy (non-hydrogen) atoms. The molecule has 1 aromatic heterocycles. The molecule has 0 amide bonds. The minimum Gasteiger partial charge on any atom is -0.489 e. The maximum atomic E-state index is 11.7. The fourth-order valence-corrected chi connectivity index (χ4v) is 2.81. The van der Waals surface area contributed by atoms with Crippen molar-refractivity contribution in [3.05, 3.63) is 72.3 Å². The molecular weight excluding hydrogens is 382 g/mol. The van der Waals surface area contributed by atoms with Crippen molar-refractivity contribution in [3.8, 4) is 28.6 Å². The highest BCUT2D eigenvalue weighted by Crippen LogP contribution is 2.25. The number of hydrogen-bond donors (Lipinski definition) is 0. The number of carbonyl (C=O) groups is 1. The summed E-state index contributed by atoms with van der Waals surface area (Å²) in [6, 6.07) is 20.9. The van der Waals surface area contributed by atoms with Gasteiger partial charge in [0, 0.05) is 5.56 Å². The maximum absolute atomic E-state index is 11.7. The van der Waals surface area contributed by atoms with Gasteiger partial charge in [0.25, 0.3) is 0 Å². The molecule has 0 saturated carbocycles. The molecular formula is C24H25NO5. The van der Waals surface area contributed by atoms with Gasteiger partial charge in [-0.05, 0) is 50.2 Å². The van der Waals surface area contributed by atoms with Crippen LogP contribution < -0.4 is 14.2 Å². The first-order valence-corrected chi connectivity index (χ1v) is 9.76. The average Bonchev–Trinajstić information content (AvgIpc) is 2.79. The van der Waals surface area contributed by atoms with E-state index in [1.807, 2.05) is 42.5 Å². The summed E-state index contributed by atoms with van der Waals surface area (Å²) in [5, 5.41) is 0. The van der Waals surface area contributed by atoms with Crippen molar-refractivity contribution >= 4 is 5.97 Å². The Balaban J connectivity index is 1.62. The Morgan fingerprint density at radius 1 is 0.967 bits per heavy atom. The Hall–Kier alpha value is -3.54. The number of aromatic nitrogens is 1. The minimum atomic E-state index is -0.671. The number of methoxy groups -OCH3 is 1. The third-order valence-electron chi connectivity index (χ3n) is 4.35. The summed E-state index contributed by atoms with van der Waals surface area (Å²) in [5.74, 6) is 1.37. The number of ether oxygens (including phenoxy) is 4. The zero-order chi connectivity index (χ0) is 21.3. The first kappa shape index (κ1) is 21.2. The van der Waals surface area contributed by atoms with Crippen molar-refractivity contribution in [2.24, 2.45) is 0 Å². The van der Waals surface area contributed by atoms with Gasteiger partial charge in [-0.25, -0.2) is 9.78 Å². The standard InChI is InChI=1S/C24H25NO5/c1-4-28-24(26)17(2)30-21-13-11-20(12-14-21)29-16-19-10-15-22(25-23(19)27-3)18-8-6-5-7-9-18/h5-15,17H,4,16H2,1-3H3. The smallest absolute Gasteiger partial charge is 0.347 e. The highest BCUT2D eigenvalue weighted by molar-refractivity contribution is 5.74. The lowest BCUT2D eigenvalue weighted by Gasteiger charge is -2.14. The number of pyridine rings is 1. The molecule has 1 atom stereocenters. The molecule has 0 aliphatic heterocycles. The molecule has 156 valence electrons. The van der Waals surface area contributed by atoms with Gasteiger partial charge in [-0.2, -0.15) is 0 Å². The van der Waals surface area contributed by atoms with E-state index >= 15 is 0 Å². The number of rotatable bonds is 9. The Labute approximate surface area is 176 Å². The molecule has 0 fully saturated rings. The highest BCUT2D eigenvalue weighted by atomic mass is 16.6. The Morgan fingerprint density at radius 3 is 2.33 bits per heavy atom. The second-order valence-electron chi connectivity index (χ2n) is 6.50. The molecule has 6 nitrogen and oxygen atoms in total. The third kappa shape index (κ3) is 5.50. The highest BCUT2D eigenvalue weighted by Gasteiger charge is 2.15. The van der Waals surface area contributed by atoms with Crippen LogP contribution in [-0.4, -0.2) is 30.8 Å². The number of benzene rings is 2.